The van der Waals surface area contributed by atoms with E-state index in [0.717, 1.165) is 10.9 Å². The first-order chi connectivity index (χ1) is 8.77. The number of aliphatic hydroxyl groups is 1. The number of rotatable bonds is 4. The van der Waals surface area contributed by atoms with Crippen molar-refractivity contribution in [3.8, 4) is 0 Å². The van der Waals surface area contributed by atoms with Crippen molar-refractivity contribution in [1.29, 1.82) is 0 Å². The van der Waals surface area contributed by atoms with Gasteiger partial charge >= 0.3 is 112 Å². The van der Waals surface area contributed by atoms with Crippen LogP contribution in [0.3, 0.4) is 0 Å². The zero-order chi connectivity index (χ0) is 13.0. The van der Waals surface area contributed by atoms with Crippen LogP contribution in [0.15, 0.2) is 35.4 Å². The second kappa shape index (κ2) is 6.23. The van der Waals surface area contributed by atoms with Gasteiger partial charge in [0, 0.05) is 0 Å². The second-order valence-electron chi connectivity index (χ2n) is 4.13. The minimum absolute atomic E-state index is 0.0420. The Morgan fingerprint density at radius 1 is 1.50 bits per heavy atom. The van der Waals surface area contributed by atoms with Crippen LogP contribution in [0, 0.1) is 0 Å². The van der Waals surface area contributed by atoms with E-state index in [0.29, 0.717) is 0 Å². The molecule has 0 radical (unpaired) electrons. The van der Waals surface area contributed by atoms with Gasteiger partial charge in [-0.2, -0.15) is 0 Å². The van der Waals surface area contributed by atoms with Crippen LogP contribution in [0.1, 0.15) is 11.7 Å². The van der Waals surface area contributed by atoms with Crippen molar-refractivity contribution in [2.24, 2.45) is 5.11 Å². The molecule has 0 bridgehead atoms. The van der Waals surface area contributed by atoms with Crippen molar-refractivity contribution < 1.29 is 9.84 Å². The molecule has 18 heavy (non-hydrogen) atoms. The molecular formula is C12H15N3O2Se. The summed E-state index contributed by atoms with van der Waals surface area (Å²) in [5.41, 5.74) is 9.53. The fourth-order valence-electron chi connectivity index (χ4n) is 2.16. The molecule has 96 valence electrons. The molecule has 1 saturated heterocycles. The van der Waals surface area contributed by atoms with Crippen LogP contribution in [0.4, 0.5) is 0 Å². The van der Waals surface area contributed by atoms with Gasteiger partial charge in [-0.1, -0.05) is 0 Å². The fraction of sp³-hybridized carbons (Fsp3) is 0.500. The van der Waals surface area contributed by atoms with E-state index < -0.39 is 6.10 Å². The van der Waals surface area contributed by atoms with Gasteiger partial charge in [-0.15, -0.1) is 0 Å². The fourth-order valence-corrected chi connectivity index (χ4v) is 5.32. The quantitative estimate of drug-likeness (QED) is 0.401. The van der Waals surface area contributed by atoms with Crippen molar-refractivity contribution in [1.82, 2.24) is 0 Å². The summed E-state index contributed by atoms with van der Waals surface area (Å²) in [6.07, 6.45) is -0.730. The van der Waals surface area contributed by atoms with Crippen molar-refractivity contribution in [2.75, 3.05) is 7.11 Å². The molecule has 1 aromatic rings. The van der Waals surface area contributed by atoms with E-state index in [4.69, 9.17) is 10.3 Å². The summed E-state index contributed by atoms with van der Waals surface area (Å²) in [6.45, 7) is 0. The molecule has 0 aliphatic carbocycles. The molecular weight excluding hydrogens is 297 g/mol. The predicted octanol–water partition coefficient (Wildman–Crippen LogP) is 2.34. The summed E-state index contributed by atoms with van der Waals surface area (Å²) < 4.78 is 5.54. The Morgan fingerprint density at radius 2 is 2.22 bits per heavy atom. The maximum absolute atomic E-state index is 10.2. The topological polar surface area (TPSA) is 78.2 Å². The van der Waals surface area contributed by atoms with Gasteiger partial charge in [0.1, 0.15) is 0 Å². The molecule has 0 amide bonds. The predicted molar refractivity (Wildman–Crippen MR) is 69.4 cm³/mol. The van der Waals surface area contributed by atoms with E-state index in [9.17, 15) is 5.11 Å². The zero-order valence-electron chi connectivity index (χ0n) is 10.0. The molecule has 4 atom stereocenters. The Labute approximate surface area is 112 Å². The Hall–Kier alpha value is -1.03. The number of aliphatic hydroxyl groups excluding tert-OH is 1. The summed E-state index contributed by atoms with van der Waals surface area (Å²) in [6, 6.07) is 9.56. The van der Waals surface area contributed by atoms with Gasteiger partial charge in [0.05, 0.1) is 0 Å². The normalized spacial score (nSPS) is 28.7. The average molecular weight is 312 g/mol. The maximum atomic E-state index is 10.2. The molecule has 0 spiro atoms. The average Bonchev–Trinajstić information content (AvgIpc) is 2.75. The Kier molecular flexibility index (Phi) is 4.64. The van der Waals surface area contributed by atoms with Crippen LogP contribution in [-0.2, 0) is 4.74 Å². The SMILES string of the molecule is CO[C@@H](c1ccccc1)[C@H]1[Se]C[C@@H](N=[N+]=[N-])[C@@H]1O. The van der Waals surface area contributed by atoms with Crippen molar-refractivity contribution >= 4 is 15.0 Å². The van der Waals surface area contributed by atoms with Gasteiger partial charge in [-0.3, -0.25) is 0 Å². The van der Waals surface area contributed by atoms with Crippen LogP contribution in [0.25, 0.3) is 10.4 Å². The molecule has 1 aromatic carbocycles. The van der Waals surface area contributed by atoms with Gasteiger partial charge in [0.15, 0.2) is 0 Å². The summed E-state index contributed by atoms with van der Waals surface area (Å²) in [5.74, 6) is 0. The molecule has 0 saturated carbocycles. The number of ether oxygens (including phenoxy) is 1. The second-order valence-corrected chi connectivity index (χ2v) is 6.67. The van der Waals surface area contributed by atoms with Crippen molar-refractivity contribution in [2.45, 2.75) is 28.4 Å². The number of hydrogen-bond acceptors (Lipinski definition) is 3. The molecule has 1 N–H and O–H groups in total. The molecule has 6 heteroatoms. The summed E-state index contributed by atoms with van der Waals surface area (Å²) in [5, 5.41) is 14.6. The van der Waals surface area contributed by atoms with Gasteiger partial charge in [0.2, 0.25) is 0 Å². The van der Waals surface area contributed by atoms with E-state index in [-0.39, 0.29) is 31.9 Å². The third-order valence-electron chi connectivity index (χ3n) is 3.07. The first kappa shape index (κ1) is 13.4. The molecule has 0 aromatic heterocycles. The molecule has 0 unspecified atom stereocenters. The number of nitrogens with zero attached hydrogens (tertiary/aromatic N) is 3. The van der Waals surface area contributed by atoms with Crippen LogP contribution in [-0.4, -0.2) is 39.3 Å². The molecule has 2 rings (SSSR count). The van der Waals surface area contributed by atoms with Gasteiger partial charge in [-0.05, 0) is 0 Å². The summed E-state index contributed by atoms with van der Waals surface area (Å²) in [7, 11) is 1.65. The monoisotopic (exact) mass is 313 g/mol. The minimum atomic E-state index is -0.606. The van der Waals surface area contributed by atoms with E-state index in [1.54, 1.807) is 7.11 Å². The number of azide groups is 1. The van der Waals surface area contributed by atoms with Gasteiger partial charge in [-0.25, -0.2) is 0 Å². The van der Waals surface area contributed by atoms with E-state index in [1.165, 1.54) is 0 Å². The van der Waals surface area contributed by atoms with Crippen LogP contribution < -0.4 is 0 Å². The Balaban J connectivity index is 2.17. The van der Waals surface area contributed by atoms with E-state index in [2.05, 4.69) is 10.0 Å². The van der Waals surface area contributed by atoms with Crippen LogP contribution in [0.2, 0.25) is 10.1 Å². The Bertz CT molecular complexity index is 436. The molecule has 1 heterocycles. The number of methoxy groups -OCH3 is 1. The molecule has 5 nitrogen and oxygen atoms in total. The molecule has 1 aliphatic heterocycles. The Morgan fingerprint density at radius 3 is 2.83 bits per heavy atom. The van der Waals surface area contributed by atoms with Gasteiger partial charge < -0.3 is 0 Å². The standard InChI is InChI=1S/C12H15N3O2Se/c1-17-11(8-5-3-2-4-6-8)12-10(16)9(7-18-12)14-15-13/h2-6,9-12,16H,7H2,1H3/t9-,10+,11+,12+/m1/s1. The van der Waals surface area contributed by atoms with E-state index in [1.807, 2.05) is 30.3 Å². The first-order valence-corrected chi connectivity index (χ1v) is 7.89. The summed E-state index contributed by atoms with van der Waals surface area (Å²) in [4.78, 5) is 2.84. The third-order valence-corrected chi connectivity index (χ3v) is 6.10. The van der Waals surface area contributed by atoms with Crippen LogP contribution in [0.5, 0.6) is 0 Å². The molecule has 1 aliphatic rings. The van der Waals surface area contributed by atoms with Crippen molar-refractivity contribution in [3.63, 3.8) is 0 Å². The number of hydrogen-bond donors (Lipinski definition) is 1. The molecule has 1 fully saturated rings. The van der Waals surface area contributed by atoms with Crippen LogP contribution >= 0.6 is 0 Å². The van der Waals surface area contributed by atoms with Crippen molar-refractivity contribution in [3.05, 3.63) is 46.3 Å². The first-order valence-electron chi connectivity index (χ1n) is 5.69. The number of benzene rings is 1. The van der Waals surface area contributed by atoms with Gasteiger partial charge in [0.25, 0.3) is 0 Å². The van der Waals surface area contributed by atoms with E-state index >= 15 is 0 Å². The summed E-state index contributed by atoms with van der Waals surface area (Å²) >= 11 is 0.217. The zero-order valence-corrected chi connectivity index (χ0v) is 11.7. The third kappa shape index (κ3) is 2.69.